The van der Waals surface area contributed by atoms with Crippen molar-refractivity contribution in [3.05, 3.63) is 117 Å². The summed E-state index contributed by atoms with van der Waals surface area (Å²) in [7, 11) is 0. The molecule has 0 atom stereocenters. The number of likely N-dealkylation sites (N-methyl/N-ethyl adjacent to an activating group) is 1. The van der Waals surface area contributed by atoms with Crippen LogP contribution in [-0.2, 0) is 42.6 Å². The van der Waals surface area contributed by atoms with E-state index in [2.05, 4.69) is 4.98 Å². The molecule has 0 aliphatic heterocycles. The van der Waals surface area contributed by atoms with Gasteiger partial charge in [-0.25, -0.2) is 4.39 Å². The molecule has 1 heterocycles. The third kappa shape index (κ3) is 8.70. The standard InChI is InChI=1S/C36H38F4N4O2S/c1-3-42(4-2)20-21-43(22-25-8-12-27(13-9-25)28-14-16-29(17-15-28)36(38,39)40)33(45)23-44-32-7-5-6-31(32)34(46)41-35(44)47-24-26-10-18-30(37)19-11-26/h8-19H,3-7,20-24H2,1-2H3/i7D2,8D,9D,12D,13D,14D,15D,16D,17D,24D2. The highest BCUT2D eigenvalue weighted by Gasteiger charge is 2.30. The van der Waals surface area contributed by atoms with Gasteiger partial charge in [-0.3, -0.25) is 9.59 Å². The lowest BCUT2D eigenvalue weighted by Crippen LogP contribution is -2.40. The number of alkyl halides is 3. The van der Waals surface area contributed by atoms with Crippen molar-refractivity contribution in [2.75, 3.05) is 26.2 Å². The molecule has 1 amide bonds. The molecule has 11 heteroatoms. The molecule has 0 radical (unpaired) electrons. The van der Waals surface area contributed by atoms with Gasteiger partial charge in [0.15, 0.2) is 5.16 Å². The molecule has 0 unspecified atom stereocenters. The minimum atomic E-state index is -5.28. The Labute approximate surface area is 293 Å². The van der Waals surface area contributed by atoms with Crippen molar-refractivity contribution >= 4 is 17.7 Å². The number of aromatic nitrogens is 2. The predicted octanol–water partition coefficient (Wildman–Crippen LogP) is 7.22. The molecule has 5 rings (SSSR count). The zero-order chi connectivity index (χ0) is 44.1. The number of carbonyl (C=O) groups is 1. The Morgan fingerprint density at radius 1 is 1.00 bits per heavy atom. The Hall–Kier alpha value is -3.96. The number of rotatable bonds is 13. The van der Waals surface area contributed by atoms with Crippen molar-refractivity contribution in [3.8, 4) is 11.1 Å². The Kier molecular flexibility index (Phi) is 7.10. The second-order valence-corrected chi connectivity index (χ2v) is 11.2. The van der Waals surface area contributed by atoms with Gasteiger partial charge in [-0.15, -0.1) is 0 Å². The highest BCUT2D eigenvalue weighted by atomic mass is 32.2. The number of amides is 1. The minimum Gasteiger partial charge on any atom is -0.336 e. The number of benzene rings is 3. The molecule has 0 bridgehead atoms. The number of nitrogens with zero attached hydrogens (tertiary/aromatic N) is 4. The van der Waals surface area contributed by atoms with E-state index in [9.17, 15) is 27.2 Å². The monoisotopic (exact) mass is 678 g/mol. The molecule has 6 nitrogen and oxygen atoms in total. The minimum absolute atomic E-state index is 0.0168. The molecule has 1 aromatic heterocycles. The molecule has 1 aliphatic carbocycles. The van der Waals surface area contributed by atoms with Crippen LogP contribution < -0.4 is 5.56 Å². The van der Waals surface area contributed by atoms with Crippen molar-refractivity contribution in [2.45, 2.75) is 63.2 Å². The van der Waals surface area contributed by atoms with Crippen LogP contribution in [0, 0.1) is 5.82 Å². The first kappa shape index (κ1) is 21.8. The number of carbonyl (C=O) groups excluding carboxylic acids is 1. The molecular weight excluding hydrogens is 628 g/mol. The Bertz CT molecular complexity index is 2300. The van der Waals surface area contributed by atoms with Gasteiger partial charge in [-0.1, -0.05) is 74.0 Å². The van der Waals surface area contributed by atoms with Crippen LogP contribution in [-0.4, -0.2) is 51.4 Å². The molecule has 4 aromatic rings. The van der Waals surface area contributed by atoms with Gasteiger partial charge in [0.25, 0.3) is 5.56 Å². The molecule has 47 heavy (non-hydrogen) atoms. The van der Waals surface area contributed by atoms with Crippen molar-refractivity contribution < 1.29 is 38.8 Å². The van der Waals surface area contributed by atoms with E-state index in [0.29, 0.717) is 24.9 Å². The van der Waals surface area contributed by atoms with Gasteiger partial charge < -0.3 is 14.4 Å². The molecule has 0 N–H and O–H groups in total. The van der Waals surface area contributed by atoms with E-state index in [1.54, 1.807) is 0 Å². The zero-order valence-electron chi connectivity index (χ0n) is 37.5. The van der Waals surface area contributed by atoms with Gasteiger partial charge >= 0.3 is 6.18 Å². The summed E-state index contributed by atoms with van der Waals surface area (Å²) < 4.78 is 159. The molecule has 3 aromatic carbocycles. The van der Waals surface area contributed by atoms with Crippen LogP contribution in [0.15, 0.2) is 82.6 Å². The van der Waals surface area contributed by atoms with Crippen LogP contribution in [0.25, 0.3) is 11.1 Å². The summed E-state index contributed by atoms with van der Waals surface area (Å²) in [5.74, 6) is -1.42. The SMILES string of the molecule is [2H]c1c([2H])c(-c2c([2H])c([2H])c(C(F)(F)F)c([2H])c2[2H])c([2H])c([2H])c1CN(CCN(CC)CC)C(=O)Cn1c(SC([2H])([2H])c2ccc(F)cc2)nc(=O)c2c1C([2H])([2H])CC2. The molecular formula is C36H38F4N4O2S. The van der Waals surface area contributed by atoms with Gasteiger partial charge in [0.1, 0.15) is 12.4 Å². The van der Waals surface area contributed by atoms with Gasteiger partial charge in [0, 0.05) is 42.1 Å². The van der Waals surface area contributed by atoms with E-state index in [-0.39, 0.29) is 53.5 Å². The first-order chi connectivity index (χ1) is 27.4. The highest BCUT2D eigenvalue weighted by Crippen LogP contribution is 2.31. The largest absolute Gasteiger partial charge is 0.416 e. The molecule has 0 saturated carbocycles. The van der Waals surface area contributed by atoms with Crippen LogP contribution in [0.3, 0.4) is 0 Å². The van der Waals surface area contributed by atoms with Crippen LogP contribution in [0.1, 0.15) is 64.7 Å². The highest BCUT2D eigenvalue weighted by molar-refractivity contribution is 7.98. The first-order valence-electron chi connectivity index (χ1n) is 20.7. The third-order valence-electron chi connectivity index (χ3n) is 7.42. The van der Waals surface area contributed by atoms with Crippen molar-refractivity contribution in [1.82, 2.24) is 19.4 Å². The summed E-state index contributed by atoms with van der Waals surface area (Å²) in [6.45, 7) is 3.59. The summed E-state index contributed by atoms with van der Waals surface area (Å²) in [5, 5.41) is -0.365. The Morgan fingerprint density at radius 3 is 2.26 bits per heavy atom. The fourth-order valence-corrected chi connectivity index (χ4v) is 5.54. The van der Waals surface area contributed by atoms with E-state index in [1.807, 2.05) is 18.7 Å². The maximum absolute atomic E-state index is 14.5. The summed E-state index contributed by atoms with van der Waals surface area (Å²) in [4.78, 5) is 34.8. The number of thioether (sulfide) groups is 1. The zero-order valence-corrected chi connectivity index (χ0v) is 26.3. The number of hydrogen-bond donors (Lipinski definition) is 0. The van der Waals surface area contributed by atoms with Crippen molar-refractivity contribution in [3.63, 3.8) is 0 Å². The maximum Gasteiger partial charge on any atom is 0.416 e. The van der Waals surface area contributed by atoms with Gasteiger partial charge in [-0.2, -0.15) is 18.2 Å². The maximum atomic E-state index is 14.5. The van der Waals surface area contributed by atoms with Crippen LogP contribution in [0.4, 0.5) is 17.6 Å². The van der Waals surface area contributed by atoms with Gasteiger partial charge in [0.05, 0.1) is 16.5 Å². The summed E-state index contributed by atoms with van der Waals surface area (Å²) in [6, 6.07) is -4.39. The van der Waals surface area contributed by atoms with Gasteiger partial charge in [0.2, 0.25) is 5.91 Å². The van der Waals surface area contributed by atoms with E-state index >= 15 is 0 Å². The quantitative estimate of drug-likeness (QED) is 0.0850. The fraction of sp³-hybridized carbons (Fsp3) is 0.361. The van der Waals surface area contributed by atoms with Crippen LogP contribution >= 0.6 is 11.8 Å². The summed E-state index contributed by atoms with van der Waals surface area (Å²) >= 11 is 0.398. The fourth-order valence-electron chi connectivity index (χ4n) is 4.80. The van der Waals surface area contributed by atoms with E-state index < -0.39 is 114 Å². The van der Waals surface area contributed by atoms with Gasteiger partial charge in [-0.05, 0) is 78.8 Å². The number of halogens is 4. The molecule has 0 fully saturated rings. The molecule has 0 saturated heterocycles. The van der Waals surface area contributed by atoms with E-state index in [4.69, 9.17) is 16.4 Å². The molecule has 0 spiro atoms. The topological polar surface area (TPSA) is 58.4 Å². The lowest BCUT2D eigenvalue weighted by molar-refractivity contribution is -0.137. The second kappa shape index (κ2) is 15.3. The first-order valence-corrected chi connectivity index (χ1v) is 15.6. The Morgan fingerprint density at radius 2 is 1.64 bits per heavy atom. The molecule has 1 aliphatic rings. The lowest BCUT2D eigenvalue weighted by atomic mass is 10.0. The number of fused-ring (bicyclic) bond motifs is 1. The third-order valence-corrected chi connectivity index (χ3v) is 8.26. The van der Waals surface area contributed by atoms with Crippen molar-refractivity contribution in [2.24, 2.45) is 0 Å². The lowest BCUT2D eigenvalue weighted by Gasteiger charge is -2.28. The molecule has 248 valence electrons. The smallest absolute Gasteiger partial charge is 0.336 e. The van der Waals surface area contributed by atoms with E-state index in [0.717, 1.165) is 21.6 Å². The summed E-state index contributed by atoms with van der Waals surface area (Å²) in [6.07, 6.45) is -7.61. The predicted molar refractivity (Wildman–Crippen MR) is 177 cm³/mol. The van der Waals surface area contributed by atoms with Crippen molar-refractivity contribution in [1.29, 1.82) is 0 Å². The van der Waals surface area contributed by atoms with Crippen LogP contribution in [0.5, 0.6) is 0 Å². The van der Waals surface area contributed by atoms with E-state index in [1.165, 1.54) is 12.1 Å². The normalized spacial score (nSPS) is 17.9. The van der Waals surface area contributed by atoms with Crippen LogP contribution in [0.2, 0.25) is 0 Å². The average Bonchev–Trinajstić information content (AvgIpc) is 3.48. The average molecular weight is 679 g/mol. The second-order valence-electron chi connectivity index (χ2n) is 10.4. The summed E-state index contributed by atoms with van der Waals surface area (Å²) in [5.41, 5.74) is -7.33. The number of hydrogen-bond acceptors (Lipinski definition) is 5. The Balaban J connectivity index is 1.63.